The smallest absolute Gasteiger partial charge is 0.254 e. The fourth-order valence-electron chi connectivity index (χ4n) is 2.28. The Balaban J connectivity index is 0.00000242. The highest BCUT2D eigenvalue weighted by Crippen LogP contribution is 2.17. The van der Waals surface area contributed by atoms with Crippen LogP contribution in [0.3, 0.4) is 0 Å². The molecule has 0 radical (unpaired) electrons. The minimum Gasteiger partial charge on any atom is -0.370 e. The van der Waals surface area contributed by atoms with Crippen molar-refractivity contribution in [2.75, 3.05) is 26.2 Å². The van der Waals surface area contributed by atoms with Crippen LogP contribution in [-0.2, 0) is 6.42 Å². The fraction of sp³-hybridized carbons (Fsp3) is 0.375. The van der Waals surface area contributed by atoms with Crippen LogP contribution in [0.2, 0.25) is 0 Å². The maximum atomic E-state index is 12.3. The highest BCUT2D eigenvalue weighted by Gasteiger charge is 2.23. The molecule has 0 unspecified atom stereocenters. The molecule has 3 N–H and O–H groups in total. The fourth-order valence-corrected chi connectivity index (χ4v) is 2.28. The van der Waals surface area contributed by atoms with Crippen LogP contribution >= 0.6 is 24.0 Å². The number of aliphatic imine (C=N–C) groups is 1. The van der Waals surface area contributed by atoms with E-state index in [4.69, 9.17) is 5.73 Å². The van der Waals surface area contributed by atoms with E-state index >= 15 is 0 Å². The number of hydrogen-bond acceptors (Lipinski definition) is 2. The summed E-state index contributed by atoms with van der Waals surface area (Å²) in [5, 5.41) is 3.02. The summed E-state index contributed by atoms with van der Waals surface area (Å²) in [6.07, 6.45) is 0.904. The third kappa shape index (κ3) is 5.01. The molecule has 22 heavy (non-hydrogen) atoms. The Morgan fingerprint density at radius 1 is 1.45 bits per heavy atom. The normalized spacial score (nSPS) is 14.1. The molecule has 0 aromatic heterocycles. The lowest BCUT2D eigenvalue weighted by Gasteiger charge is -2.28. The molecule has 120 valence electrons. The Morgan fingerprint density at radius 2 is 2.18 bits per heavy atom. The molecule has 6 heteroatoms. The molecule has 0 atom stereocenters. The van der Waals surface area contributed by atoms with E-state index in [-0.39, 0.29) is 29.9 Å². The number of nitrogens with zero attached hydrogens (tertiary/aromatic N) is 2. The van der Waals surface area contributed by atoms with Gasteiger partial charge in [0.25, 0.3) is 5.91 Å². The van der Waals surface area contributed by atoms with Gasteiger partial charge < -0.3 is 16.0 Å². The first-order chi connectivity index (χ1) is 10.1. The van der Waals surface area contributed by atoms with E-state index in [9.17, 15) is 4.79 Å². The zero-order valence-corrected chi connectivity index (χ0v) is 15.2. The number of rotatable bonds is 5. The summed E-state index contributed by atoms with van der Waals surface area (Å²) < 4.78 is 0. The number of hydrogen-bond donors (Lipinski definition) is 2. The van der Waals surface area contributed by atoms with E-state index in [1.807, 2.05) is 36.1 Å². The minimum atomic E-state index is 0. The second-order valence-electron chi connectivity index (χ2n) is 5.28. The summed E-state index contributed by atoms with van der Waals surface area (Å²) in [4.78, 5) is 18.3. The molecule has 0 fully saturated rings. The molecule has 0 spiro atoms. The van der Waals surface area contributed by atoms with Crippen molar-refractivity contribution in [3.63, 3.8) is 0 Å². The zero-order chi connectivity index (χ0) is 15.2. The van der Waals surface area contributed by atoms with Gasteiger partial charge in [-0.05, 0) is 25.0 Å². The molecule has 1 aliphatic heterocycles. The molecule has 0 saturated carbocycles. The van der Waals surface area contributed by atoms with Gasteiger partial charge in [-0.25, -0.2) is 4.99 Å². The van der Waals surface area contributed by atoms with Crippen molar-refractivity contribution in [3.05, 3.63) is 47.5 Å². The van der Waals surface area contributed by atoms with Crippen LogP contribution in [0, 0.1) is 0 Å². The quantitative estimate of drug-likeness (QED) is 0.334. The van der Waals surface area contributed by atoms with Gasteiger partial charge in [0.05, 0.1) is 6.54 Å². The molecule has 1 aromatic carbocycles. The lowest BCUT2D eigenvalue weighted by atomic mass is 9.99. The molecule has 1 heterocycles. The van der Waals surface area contributed by atoms with Gasteiger partial charge in [0, 0.05) is 25.2 Å². The van der Waals surface area contributed by atoms with Gasteiger partial charge in [0.1, 0.15) is 0 Å². The third-order valence-corrected chi connectivity index (χ3v) is 3.39. The standard InChI is InChI=1S/C16H22N4O.HI/c1-12(2)11-19-16(17)18-8-10-20-9-7-13-5-3-4-6-14(13)15(20)21;/h3-6H,1,7-11H2,2H3,(H3,17,18,19);1H. The van der Waals surface area contributed by atoms with Gasteiger partial charge in [-0.2, -0.15) is 0 Å². The van der Waals surface area contributed by atoms with Gasteiger partial charge in [0.2, 0.25) is 0 Å². The van der Waals surface area contributed by atoms with E-state index in [2.05, 4.69) is 16.9 Å². The molecule has 2 rings (SSSR count). The number of carbonyl (C=O) groups excluding carboxylic acids is 1. The second kappa shape index (κ2) is 8.77. The molecule has 1 aliphatic rings. The van der Waals surface area contributed by atoms with Gasteiger partial charge >= 0.3 is 0 Å². The molecule has 5 nitrogen and oxygen atoms in total. The third-order valence-electron chi connectivity index (χ3n) is 3.39. The lowest BCUT2D eigenvalue weighted by molar-refractivity contribution is 0.0743. The average molecular weight is 414 g/mol. The van der Waals surface area contributed by atoms with Crippen molar-refractivity contribution >= 4 is 35.8 Å². The Bertz CT molecular complexity index is 571. The largest absolute Gasteiger partial charge is 0.370 e. The Kier molecular flexibility index (Phi) is 7.37. The SMILES string of the molecule is C=C(C)CN=C(N)NCCN1CCc2ccccc2C1=O.I. The van der Waals surface area contributed by atoms with Gasteiger partial charge in [-0.15, -0.1) is 24.0 Å². The van der Waals surface area contributed by atoms with E-state index in [1.54, 1.807) is 0 Å². The summed E-state index contributed by atoms with van der Waals surface area (Å²) in [5.74, 6) is 0.485. The van der Waals surface area contributed by atoms with Crippen LogP contribution in [0.4, 0.5) is 0 Å². The predicted octanol–water partition coefficient (Wildman–Crippen LogP) is 1.78. The van der Waals surface area contributed by atoms with Crippen LogP contribution in [-0.4, -0.2) is 42.9 Å². The highest BCUT2D eigenvalue weighted by atomic mass is 127. The van der Waals surface area contributed by atoms with E-state index < -0.39 is 0 Å². The Labute approximate surface area is 148 Å². The lowest BCUT2D eigenvalue weighted by Crippen LogP contribution is -2.43. The van der Waals surface area contributed by atoms with Gasteiger partial charge in [-0.1, -0.05) is 30.4 Å². The van der Waals surface area contributed by atoms with E-state index in [0.29, 0.717) is 25.6 Å². The number of fused-ring (bicyclic) bond motifs is 1. The molecule has 1 aromatic rings. The Hall–Kier alpha value is -1.57. The van der Waals surface area contributed by atoms with Crippen LogP contribution in [0.1, 0.15) is 22.8 Å². The van der Waals surface area contributed by atoms with Crippen LogP contribution < -0.4 is 11.1 Å². The molecule has 0 bridgehead atoms. The van der Waals surface area contributed by atoms with Crippen LogP contribution in [0.25, 0.3) is 0 Å². The monoisotopic (exact) mass is 414 g/mol. The summed E-state index contributed by atoms with van der Waals surface area (Å²) in [6, 6.07) is 7.79. The highest BCUT2D eigenvalue weighted by molar-refractivity contribution is 14.0. The van der Waals surface area contributed by atoms with Gasteiger partial charge in [0.15, 0.2) is 5.96 Å². The van der Waals surface area contributed by atoms with Crippen LogP contribution in [0.5, 0.6) is 0 Å². The number of nitrogens with one attached hydrogen (secondary N) is 1. The first-order valence-corrected chi connectivity index (χ1v) is 7.13. The molecule has 0 saturated heterocycles. The Morgan fingerprint density at radius 3 is 2.91 bits per heavy atom. The molecular formula is C16H23IN4O. The zero-order valence-electron chi connectivity index (χ0n) is 12.8. The van der Waals surface area contributed by atoms with Crippen molar-refractivity contribution in [2.24, 2.45) is 10.7 Å². The van der Waals surface area contributed by atoms with Crippen molar-refractivity contribution in [2.45, 2.75) is 13.3 Å². The molecule has 1 amide bonds. The maximum Gasteiger partial charge on any atom is 0.254 e. The minimum absolute atomic E-state index is 0. The predicted molar refractivity (Wildman–Crippen MR) is 101 cm³/mol. The summed E-state index contributed by atoms with van der Waals surface area (Å²) in [7, 11) is 0. The van der Waals surface area contributed by atoms with Gasteiger partial charge in [-0.3, -0.25) is 4.79 Å². The van der Waals surface area contributed by atoms with E-state index in [0.717, 1.165) is 29.7 Å². The number of nitrogens with two attached hydrogens (primary N) is 1. The maximum absolute atomic E-state index is 12.3. The number of guanidine groups is 1. The first kappa shape index (κ1) is 18.5. The van der Waals surface area contributed by atoms with Crippen molar-refractivity contribution in [1.29, 1.82) is 0 Å². The number of carbonyl (C=O) groups is 1. The van der Waals surface area contributed by atoms with E-state index in [1.165, 1.54) is 0 Å². The van der Waals surface area contributed by atoms with Crippen molar-refractivity contribution in [1.82, 2.24) is 10.2 Å². The summed E-state index contributed by atoms with van der Waals surface area (Å²) in [6.45, 7) is 8.16. The average Bonchev–Trinajstić information content (AvgIpc) is 2.48. The molecular weight excluding hydrogens is 391 g/mol. The second-order valence-corrected chi connectivity index (χ2v) is 5.28. The number of halogens is 1. The summed E-state index contributed by atoms with van der Waals surface area (Å²) >= 11 is 0. The number of benzene rings is 1. The first-order valence-electron chi connectivity index (χ1n) is 7.13. The topological polar surface area (TPSA) is 70.7 Å². The van der Waals surface area contributed by atoms with Crippen LogP contribution in [0.15, 0.2) is 41.4 Å². The number of amides is 1. The molecule has 0 aliphatic carbocycles. The van der Waals surface area contributed by atoms with Crippen molar-refractivity contribution in [3.8, 4) is 0 Å². The van der Waals surface area contributed by atoms with Crippen molar-refractivity contribution < 1.29 is 4.79 Å². The summed E-state index contributed by atoms with van der Waals surface area (Å²) in [5.41, 5.74) is 8.65.